The van der Waals surface area contributed by atoms with Crippen molar-refractivity contribution in [2.45, 2.75) is 47.3 Å². The van der Waals surface area contributed by atoms with Crippen molar-refractivity contribution in [3.8, 4) is 16.9 Å². The Balaban J connectivity index is 1.61. The molecule has 0 saturated carbocycles. The van der Waals surface area contributed by atoms with Crippen LogP contribution in [0.25, 0.3) is 11.1 Å². The number of aromatic nitrogens is 2. The Labute approximate surface area is 218 Å². The summed E-state index contributed by atoms with van der Waals surface area (Å²) in [7, 11) is 2.13. The molecule has 0 aliphatic carbocycles. The summed E-state index contributed by atoms with van der Waals surface area (Å²) in [6.07, 6.45) is 1.81. The average Bonchev–Trinajstić information content (AvgIpc) is 2.85. The number of piperazine rings is 1. The number of ether oxygens (including phenoxy) is 1. The van der Waals surface area contributed by atoms with Gasteiger partial charge in [0, 0.05) is 66.9 Å². The Morgan fingerprint density at radius 3 is 2.43 bits per heavy atom. The average molecular weight is 504 g/mol. The van der Waals surface area contributed by atoms with Crippen LogP contribution in [-0.4, -0.2) is 60.1 Å². The fraction of sp³-hybridized carbons (Fsp3) is 0.414. The zero-order valence-corrected chi connectivity index (χ0v) is 22.6. The zero-order chi connectivity index (χ0) is 26.7. The molecule has 0 atom stereocenters. The molecule has 3 aromatic rings. The number of likely N-dealkylation sites (N-methyl/N-ethyl adjacent to an activating group) is 1. The van der Waals surface area contributed by atoms with Crippen LogP contribution in [0.4, 0.5) is 5.82 Å². The highest BCUT2D eigenvalue weighted by Crippen LogP contribution is 2.31. The third kappa shape index (κ3) is 6.20. The first-order chi connectivity index (χ1) is 17.6. The maximum atomic E-state index is 13.3. The Kier molecular flexibility index (Phi) is 7.97. The van der Waals surface area contributed by atoms with Gasteiger partial charge in [0.2, 0.25) is 0 Å². The van der Waals surface area contributed by atoms with Crippen molar-refractivity contribution in [3.63, 3.8) is 0 Å². The number of aryl methyl sites for hydroxylation is 2. The lowest BCUT2D eigenvalue weighted by atomic mass is 9.98. The second kappa shape index (κ2) is 11.2. The number of anilines is 1. The maximum Gasteiger partial charge on any atom is 0.253 e. The van der Waals surface area contributed by atoms with Crippen molar-refractivity contribution < 1.29 is 9.53 Å². The van der Waals surface area contributed by atoms with Crippen LogP contribution in [0.15, 0.2) is 41.3 Å². The van der Waals surface area contributed by atoms with Gasteiger partial charge in [0.25, 0.3) is 11.5 Å². The molecule has 1 aromatic carbocycles. The van der Waals surface area contributed by atoms with Gasteiger partial charge in [-0.2, -0.15) is 0 Å². The molecule has 1 aliphatic rings. The van der Waals surface area contributed by atoms with Gasteiger partial charge in [-0.25, -0.2) is 4.98 Å². The molecule has 3 heterocycles. The molecule has 4 rings (SSSR count). The van der Waals surface area contributed by atoms with E-state index < -0.39 is 0 Å². The molecule has 0 unspecified atom stereocenters. The van der Waals surface area contributed by atoms with Gasteiger partial charge in [0.1, 0.15) is 11.6 Å². The molecule has 2 aromatic heterocycles. The number of pyridine rings is 2. The van der Waals surface area contributed by atoms with E-state index in [9.17, 15) is 9.59 Å². The molecular weight excluding hydrogens is 466 g/mol. The second-order valence-electron chi connectivity index (χ2n) is 10.1. The highest BCUT2D eigenvalue weighted by atomic mass is 16.5. The molecule has 1 amide bonds. The minimum Gasteiger partial charge on any atom is -0.491 e. The monoisotopic (exact) mass is 503 g/mol. The highest BCUT2D eigenvalue weighted by Gasteiger charge is 2.19. The van der Waals surface area contributed by atoms with Crippen molar-refractivity contribution in [1.82, 2.24) is 20.2 Å². The van der Waals surface area contributed by atoms with Crippen molar-refractivity contribution in [1.29, 1.82) is 0 Å². The molecule has 2 N–H and O–H groups in total. The summed E-state index contributed by atoms with van der Waals surface area (Å²) in [5.74, 6) is 1.36. The number of nitrogens with one attached hydrogen (secondary N) is 2. The Morgan fingerprint density at radius 1 is 1.08 bits per heavy atom. The van der Waals surface area contributed by atoms with Crippen LogP contribution >= 0.6 is 0 Å². The number of hydrogen-bond acceptors (Lipinski definition) is 6. The third-order valence-corrected chi connectivity index (χ3v) is 6.80. The number of rotatable bonds is 7. The molecule has 8 nitrogen and oxygen atoms in total. The summed E-state index contributed by atoms with van der Waals surface area (Å²) < 4.78 is 6.07. The summed E-state index contributed by atoms with van der Waals surface area (Å²) >= 11 is 0. The smallest absolute Gasteiger partial charge is 0.253 e. The number of aromatic amines is 1. The number of nitrogens with zero attached hydrogens (tertiary/aromatic N) is 3. The number of carbonyl (C=O) groups excluding carboxylic acids is 1. The van der Waals surface area contributed by atoms with Crippen LogP contribution in [-0.2, 0) is 6.54 Å². The quantitative estimate of drug-likeness (QED) is 0.509. The van der Waals surface area contributed by atoms with Crippen molar-refractivity contribution >= 4 is 11.7 Å². The molecule has 1 fully saturated rings. The van der Waals surface area contributed by atoms with Gasteiger partial charge in [0.15, 0.2) is 0 Å². The van der Waals surface area contributed by atoms with E-state index in [1.165, 1.54) is 0 Å². The van der Waals surface area contributed by atoms with Gasteiger partial charge in [0.05, 0.1) is 6.10 Å². The first-order valence-corrected chi connectivity index (χ1v) is 12.8. The van der Waals surface area contributed by atoms with E-state index in [1.54, 1.807) is 0 Å². The summed E-state index contributed by atoms with van der Waals surface area (Å²) in [6.45, 7) is 13.6. The molecule has 0 bridgehead atoms. The molecule has 196 valence electrons. The van der Waals surface area contributed by atoms with Crippen LogP contribution < -0.4 is 20.5 Å². The summed E-state index contributed by atoms with van der Waals surface area (Å²) in [6, 6.07) is 9.82. The lowest BCUT2D eigenvalue weighted by Crippen LogP contribution is -2.44. The predicted molar refractivity (Wildman–Crippen MR) is 148 cm³/mol. The lowest BCUT2D eigenvalue weighted by Gasteiger charge is -2.33. The molecule has 1 saturated heterocycles. The maximum absolute atomic E-state index is 13.3. The fourth-order valence-corrected chi connectivity index (χ4v) is 4.61. The molecule has 0 spiro atoms. The van der Waals surface area contributed by atoms with Crippen LogP contribution in [0.3, 0.4) is 0 Å². The number of hydrogen-bond donors (Lipinski definition) is 2. The van der Waals surface area contributed by atoms with Gasteiger partial charge in [-0.1, -0.05) is 0 Å². The molecular formula is C29H37N5O3. The highest BCUT2D eigenvalue weighted by molar-refractivity contribution is 5.97. The minimum absolute atomic E-state index is 0.0450. The van der Waals surface area contributed by atoms with E-state index in [0.717, 1.165) is 59.9 Å². The van der Waals surface area contributed by atoms with Crippen molar-refractivity contribution in [2.24, 2.45) is 0 Å². The van der Waals surface area contributed by atoms with Crippen molar-refractivity contribution in [3.05, 3.63) is 74.8 Å². The largest absolute Gasteiger partial charge is 0.491 e. The number of amides is 1. The topological polar surface area (TPSA) is 90.6 Å². The molecule has 1 aliphatic heterocycles. The van der Waals surface area contributed by atoms with E-state index in [0.29, 0.717) is 16.9 Å². The van der Waals surface area contributed by atoms with Gasteiger partial charge >= 0.3 is 0 Å². The minimum atomic E-state index is -0.255. The summed E-state index contributed by atoms with van der Waals surface area (Å²) in [5.41, 5.74) is 5.04. The fourth-order valence-electron chi connectivity index (χ4n) is 4.61. The van der Waals surface area contributed by atoms with Gasteiger partial charge in [-0.05, 0) is 83.1 Å². The number of carbonyl (C=O) groups is 1. The summed E-state index contributed by atoms with van der Waals surface area (Å²) in [5, 5.41) is 2.93. The van der Waals surface area contributed by atoms with Crippen LogP contribution in [0.5, 0.6) is 5.75 Å². The van der Waals surface area contributed by atoms with E-state index in [2.05, 4.69) is 27.1 Å². The van der Waals surface area contributed by atoms with E-state index in [4.69, 9.17) is 9.72 Å². The van der Waals surface area contributed by atoms with Crippen LogP contribution in [0.2, 0.25) is 0 Å². The Morgan fingerprint density at radius 2 is 1.81 bits per heavy atom. The Bertz CT molecular complexity index is 1320. The van der Waals surface area contributed by atoms with E-state index in [-0.39, 0.29) is 24.1 Å². The van der Waals surface area contributed by atoms with Gasteiger partial charge in [-0.15, -0.1) is 0 Å². The predicted octanol–water partition coefficient (Wildman–Crippen LogP) is 3.83. The third-order valence-electron chi connectivity index (χ3n) is 6.80. The molecule has 8 heteroatoms. The lowest BCUT2D eigenvalue weighted by molar-refractivity contribution is 0.0949. The SMILES string of the molecule is Cc1cc(C)c(CNC(=O)c2cc(-c3ccc(N4CCN(C)CC4)nc3)cc(OC(C)C)c2C)c(=O)[nH]1. The molecule has 37 heavy (non-hydrogen) atoms. The van der Waals surface area contributed by atoms with Crippen molar-refractivity contribution in [2.75, 3.05) is 38.1 Å². The van der Waals surface area contributed by atoms with Crippen LogP contribution in [0, 0.1) is 20.8 Å². The standard InChI is InChI=1S/C29H37N5O3/c1-18(2)37-26-15-23(22-7-8-27(30-16-22)34-11-9-33(6)10-12-34)14-24(21(26)5)28(35)31-17-25-19(3)13-20(4)32-29(25)36/h7-8,13-16,18H,9-12,17H2,1-6H3,(H,31,35)(H,32,36). The number of H-pyrrole nitrogens is 1. The first-order valence-electron chi connectivity index (χ1n) is 12.8. The van der Waals surface area contributed by atoms with E-state index in [1.807, 2.05) is 71.1 Å². The van der Waals surface area contributed by atoms with Gasteiger partial charge < -0.3 is 24.8 Å². The normalized spacial score (nSPS) is 14.2. The summed E-state index contributed by atoms with van der Waals surface area (Å²) in [4.78, 5) is 37.9. The molecule has 0 radical (unpaired) electrons. The Hall–Kier alpha value is -3.65. The first kappa shape index (κ1) is 26.4. The van der Waals surface area contributed by atoms with E-state index >= 15 is 0 Å². The van der Waals surface area contributed by atoms with Crippen LogP contribution in [0.1, 0.15) is 46.6 Å². The number of benzene rings is 1. The van der Waals surface area contributed by atoms with Gasteiger partial charge in [-0.3, -0.25) is 9.59 Å². The zero-order valence-electron chi connectivity index (χ0n) is 22.6. The second-order valence-corrected chi connectivity index (χ2v) is 10.1.